The summed E-state index contributed by atoms with van der Waals surface area (Å²) in [7, 11) is 0. The summed E-state index contributed by atoms with van der Waals surface area (Å²) in [4.78, 5) is 0. The van der Waals surface area contributed by atoms with Crippen LogP contribution in [0.5, 0.6) is 0 Å². The number of rotatable bonds is 16. The predicted octanol–water partition coefficient (Wildman–Crippen LogP) is 12.7. The minimum Gasteiger partial charge on any atom is -0.0654 e. The highest BCUT2D eigenvalue weighted by atomic mass is 14.5. The molecule has 2 aliphatic carbocycles. The molecule has 0 bridgehead atoms. The summed E-state index contributed by atoms with van der Waals surface area (Å²) in [5, 5.41) is 0. The third-order valence-corrected chi connectivity index (χ3v) is 9.75. The van der Waals surface area contributed by atoms with Crippen molar-refractivity contribution in [3.05, 3.63) is 81.9 Å². The van der Waals surface area contributed by atoms with Gasteiger partial charge in [0.2, 0.25) is 0 Å². The van der Waals surface area contributed by atoms with E-state index in [1.165, 1.54) is 89.9 Å². The van der Waals surface area contributed by atoms with Crippen molar-refractivity contribution in [3.63, 3.8) is 0 Å². The van der Waals surface area contributed by atoms with Gasteiger partial charge in [0.1, 0.15) is 0 Å². The van der Waals surface area contributed by atoms with Crippen molar-refractivity contribution >= 4 is 11.1 Å². The van der Waals surface area contributed by atoms with Gasteiger partial charge in [0.05, 0.1) is 0 Å². The minimum absolute atomic E-state index is 0.123. The molecule has 2 aliphatic rings. The molecule has 0 radical (unpaired) electrons. The second-order valence-corrected chi connectivity index (χ2v) is 13.0. The highest BCUT2D eigenvalue weighted by molar-refractivity contribution is 5.81. The van der Waals surface area contributed by atoms with Gasteiger partial charge in [-0.1, -0.05) is 153 Å². The van der Waals surface area contributed by atoms with Gasteiger partial charge in [-0.2, -0.15) is 0 Å². The first-order valence-corrected chi connectivity index (χ1v) is 16.6. The fourth-order valence-electron chi connectivity index (χ4n) is 8.16. The van der Waals surface area contributed by atoms with Gasteiger partial charge in [-0.05, 0) is 77.3 Å². The molecule has 0 heteroatoms. The third-order valence-electron chi connectivity index (χ3n) is 9.75. The molecule has 39 heavy (non-hydrogen) atoms. The molecule has 2 aromatic rings. The van der Waals surface area contributed by atoms with Crippen LogP contribution in [0.25, 0.3) is 11.1 Å². The van der Waals surface area contributed by atoms with Crippen LogP contribution in [0.15, 0.2) is 59.7 Å². The van der Waals surface area contributed by atoms with Crippen LogP contribution < -0.4 is 0 Å². The number of benzene rings is 2. The van der Waals surface area contributed by atoms with Crippen molar-refractivity contribution < 1.29 is 0 Å². The Morgan fingerprint density at radius 3 is 1.28 bits per heavy atom. The fourth-order valence-corrected chi connectivity index (χ4v) is 8.16. The third kappa shape index (κ3) is 6.16. The number of fused-ring (bicyclic) bond motifs is 2. The summed E-state index contributed by atoms with van der Waals surface area (Å²) in [6.07, 6.45) is 18.1. The SMILES string of the molecule is CCCCCCC1=C(CCC)C(C(C)(C)C2C(CCC)=C(CCCCCC)c3ccccc32)c2ccccc21. The zero-order chi connectivity index (χ0) is 27.8. The smallest absolute Gasteiger partial charge is 0.0120 e. The molecule has 0 N–H and O–H groups in total. The van der Waals surface area contributed by atoms with E-state index in [9.17, 15) is 0 Å². The van der Waals surface area contributed by atoms with E-state index in [1.807, 2.05) is 0 Å². The first-order chi connectivity index (χ1) is 19.0. The Morgan fingerprint density at radius 1 is 0.487 bits per heavy atom. The average Bonchev–Trinajstić information content (AvgIpc) is 3.42. The lowest BCUT2D eigenvalue weighted by molar-refractivity contribution is 0.267. The quantitative estimate of drug-likeness (QED) is 0.192. The molecule has 0 saturated carbocycles. The van der Waals surface area contributed by atoms with Gasteiger partial charge in [0.25, 0.3) is 0 Å². The van der Waals surface area contributed by atoms with E-state index in [4.69, 9.17) is 0 Å². The lowest BCUT2D eigenvalue weighted by Crippen LogP contribution is -2.30. The molecule has 2 unspecified atom stereocenters. The van der Waals surface area contributed by atoms with Crippen LogP contribution >= 0.6 is 0 Å². The Labute approximate surface area is 241 Å². The van der Waals surface area contributed by atoms with Gasteiger partial charge in [-0.25, -0.2) is 0 Å². The number of allylic oxidation sites excluding steroid dienone is 4. The first kappa shape index (κ1) is 29.9. The van der Waals surface area contributed by atoms with Gasteiger partial charge in [-0.3, -0.25) is 0 Å². The van der Waals surface area contributed by atoms with E-state index in [2.05, 4.69) is 90.1 Å². The van der Waals surface area contributed by atoms with Gasteiger partial charge >= 0.3 is 0 Å². The van der Waals surface area contributed by atoms with E-state index >= 15 is 0 Å². The van der Waals surface area contributed by atoms with Crippen molar-refractivity contribution in [1.29, 1.82) is 0 Å². The summed E-state index contributed by atoms with van der Waals surface area (Å²) < 4.78 is 0. The van der Waals surface area contributed by atoms with Crippen LogP contribution in [-0.4, -0.2) is 0 Å². The predicted molar refractivity (Wildman–Crippen MR) is 173 cm³/mol. The molecular formula is C39H56. The molecule has 0 nitrogen and oxygen atoms in total. The molecule has 0 heterocycles. The Kier molecular flexibility index (Phi) is 10.7. The van der Waals surface area contributed by atoms with Crippen LogP contribution in [-0.2, 0) is 0 Å². The van der Waals surface area contributed by atoms with Crippen LogP contribution in [0, 0.1) is 5.41 Å². The lowest BCUT2D eigenvalue weighted by atomic mass is 9.61. The van der Waals surface area contributed by atoms with E-state index in [-0.39, 0.29) is 5.41 Å². The van der Waals surface area contributed by atoms with Crippen molar-refractivity contribution in [1.82, 2.24) is 0 Å². The monoisotopic (exact) mass is 524 g/mol. The minimum atomic E-state index is 0.123. The van der Waals surface area contributed by atoms with Crippen LogP contribution in [0.2, 0.25) is 0 Å². The van der Waals surface area contributed by atoms with Crippen molar-refractivity contribution in [2.24, 2.45) is 5.41 Å². The summed E-state index contributed by atoms with van der Waals surface area (Å²) in [5.41, 5.74) is 13.4. The standard InChI is InChI=1S/C39H56/c1-7-11-13-15-23-29-31-25-17-19-27-35(31)37(33(29)21-9-3)39(5,6)38-34(22-10-4)30(24-16-14-12-8-2)32-26-18-20-28-36(32)38/h17-20,25-28,37-38H,7-16,21-24H2,1-6H3. The van der Waals surface area contributed by atoms with Crippen molar-refractivity contribution in [3.8, 4) is 0 Å². The Bertz CT molecular complexity index is 1050. The maximum absolute atomic E-state index is 2.63. The van der Waals surface area contributed by atoms with Crippen LogP contribution in [0.3, 0.4) is 0 Å². The summed E-state index contributed by atoms with van der Waals surface area (Å²) >= 11 is 0. The molecule has 0 aromatic heterocycles. The van der Waals surface area contributed by atoms with Gasteiger partial charge < -0.3 is 0 Å². The number of hydrogen-bond donors (Lipinski definition) is 0. The second-order valence-electron chi connectivity index (χ2n) is 13.0. The number of hydrogen-bond acceptors (Lipinski definition) is 0. The summed E-state index contributed by atoms with van der Waals surface area (Å²) in [6, 6.07) is 19.0. The maximum atomic E-state index is 2.63. The van der Waals surface area contributed by atoms with E-state index in [1.54, 1.807) is 44.5 Å². The molecule has 4 rings (SSSR count). The van der Waals surface area contributed by atoms with Crippen molar-refractivity contribution in [2.45, 2.75) is 143 Å². The molecule has 0 aliphatic heterocycles. The molecule has 0 spiro atoms. The first-order valence-electron chi connectivity index (χ1n) is 16.6. The largest absolute Gasteiger partial charge is 0.0654 e. The fraction of sp³-hybridized carbons (Fsp3) is 0.590. The molecule has 2 atom stereocenters. The molecule has 0 saturated heterocycles. The van der Waals surface area contributed by atoms with Crippen LogP contribution in [0.1, 0.15) is 166 Å². The second kappa shape index (κ2) is 14.0. The van der Waals surface area contributed by atoms with Gasteiger partial charge in [0, 0.05) is 11.8 Å². The average molecular weight is 525 g/mol. The Hall–Kier alpha value is -2.08. The molecule has 0 fully saturated rings. The zero-order valence-electron chi connectivity index (χ0n) is 26.2. The van der Waals surface area contributed by atoms with E-state index < -0.39 is 0 Å². The molecule has 212 valence electrons. The zero-order valence-corrected chi connectivity index (χ0v) is 26.2. The summed E-state index contributed by atoms with van der Waals surface area (Å²) in [5.74, 6) is 0.998. The van der Waals surface area contributed by atoms with E-state index in [0.29, 0.717) is 11.8 Å². The normalized spacial score (nSPS) is 18.7. The van der Waals surface area contributed by atoms with Crippen molar-refractivity contribution in [2.75, 3.05) is 0 Å². The Balaban J connectivity index is 1.80. The molecular weight excluding hydrogens is 468 g/mol. The van der Waals surface area contributed by atoms with Gasteiger partial charge in [0.15, 0.2) is 0 Å². The highest BCUT2D eigenvalue weighted by Gasteiger charge is 2.48. The Morgan fingerprint density at radius 2 is 0.897 bits per heavy atom. The lowest BCUT2D eigenvalue weighted by Gasteiger charge is -2.42. The number of unbranched alkanes of at least 4 members (excludes halogenated alkanes) is 6. The topological polar surface area (TPSA) is 0 Å². The van der Waals surface area contributed by atoms with E-state index in [0.717, 1.165) is 0 Å². The molecule has 0 amide bonds. The maximum Gasteiger partial charge on any atom is 0.0120 e. The summed E-state index contributed by atoms with van der Waals surface area (Å²) in [6.45, 7) is 14.7. The van der Waals surface area contributed by atoms with Gasteiger partial charge in [-0.15, -0.1) is 0 Å². The molecule has 2 aromatic carbocycles. The van der Waals surface area contributed by atoms with Crippen LogP contribution in [0.4, 0.5) is 0 Å². The highest BCUT2D eigenvalue weighted by Crippen LogP contribution is 2.63.